The van der Waals surface area contributed by atoms with Gasteiger partial charge in [0.05, 0.1) is 34.0 Å². The Morgan fingerprint density at radius 1 is 1.18 bits per heavy atom. The van der Waals surface area contributed by atoms with Crippen molar-refractivity contribution in [1.29, 1.82) is 5.26 Å². The average molecular weight is 440 g/mol. The highest BCUT2D eigenvalue weighted by atomic mass is 35.5. The molecule has 146 valence electrons. The molecular formula is C20H17Cl3N2O3. The van der Waals surface area contributed by atoms with E-state index in [1.54, 1.807) is 30.3 Å². The van der Waals surface area contributed by atoms with E-state index in [1.165, 1.54) is 13.2 Å². The van der Waals surface area contributed by atoms with E-state index in [4.69, 9.17) is 44.3 Å². The predicted molar refractivity (Wildman–Crippen MR) is 112 cm³/mol. The third-order valence-corrected chi connectivity index (χ3v) is 4.39. The zero-order valence-electron chi connectivity index (χ0n) is 15.3. The monoisotopic (exact) mass is 438 g/mol. The number of halogens is 3. The lowest BCUT2D eigenvalue weighted by molar-refractivity contribution is -0.112. The van der Waals surface area contributed by atoms with Gasteiger partial charge in [-0.25, -0.2) is 0 Å². The molecule has 0 saturated heterocycles. The Kier molecular flexibility index (Phi) is 7.59. The molecule has 1 N–H and O–H groups in total. The second-order valence-electron chi connectivity index (χ2n) is 5.92. The number of methoxy groups -OCH3 is 1. The van der Waals surface area contributed by atoms with Crippen LogP contribution in [0.1, 0.15) is 19.4 Å². The van der Waals surface area contributed by atoms with Crippen molar-refractivity contribution in [2.75, 3.05) is 12.4 Å². The molecule has 0 heterocycles. The van der Waals surface area contributed by atoms with Crippen LogP contribution >= 0.6 is 34.8 Å². The summed E-state index contributed by atoms with van der Waals surface area (Å²) in [5.41, 5.74) is 0.565. The Labute approximate surface area is 178 Å². The van der Waals surface area contributed by atoms with E-state index in [0.29, 0.717) is 22.1 Å². The fourth-order valence-corrected chi connectivity index (χ4v) is 3.04. The van der Waals surface area contributed by atoms with Gasteiger partial charge in [0.1, 0.15) is 11.6 Å². The summed E-state index contributed by atoms with van der Waals surface area (Å²) in [5, 5.41) is 12.8. The minimum atomic E-state index is -0.657. The fraction of sp³-hybridized carbons (Fsp3) is 0.200. The summed E-state index contributed by atoms with van der Waals surface area (Å²) in [6.07, 6.45) is 1.28. The van der Waals surface area contributed by atoms with E-state index < -0.39 is 5.91 Å². The van der Waals surface area contributed by atoms with Crippen LogP contribution in [0, 0.1) is 11.3 Å². The molecule has 0 radical (unpaired) electrons. The first-order valence-electron chi connectivity index (χ1n) is 8.18. The highest BCUT2D eigenvalue weighted by Gasteiger charge is 2.16. The number of hydrogen-bond acceptors (Lipinski definition) is 4. The third-order valence-electron chi connectivity index (χ3n) is 3.48. The molecule has 0 spiro atoms. The van der Waals surface area contributed by atoms with Crippen molar-refractivity contribution >= 4 is 52.5 Å². The molecule has 0 saturated carbocycles. The average Bonchev–Trinajstić information content (AvgIpc) is 2.64. The van der Waals surface area contributed by atoms with Crippen LogP contribution in [0.15, 0.2) is 35.9 Å². The van der Waals surface area contributed by atoms with Crippen LogP contribution in [0.25, 0.3) is 6.08 Å². The number of hydrogen-bond donors (Lipinski definition) is 1. The minimum Gasteiger partial charge on any atom is -0.493 e. The SMILES string of the molecule is COc1cc(/C=C(\C#N)C(=O)Nc2c(Cl)cccc2Cl)cc(Cl)c1OC(C)C. The maximum Gasteiger partial charge on any atom is 0.266 e. The third kappa shape index (κ3) is 5.32. The second kappa shape index (κ2) is 9.70. The number of rotatable bonds is 6. The largest absolute Gasteiger partial charge is 0.493 e. The van der Waals surface area contributed by atoms with Gasteiger partial charge in [-0.1, -0.05) is 40.9 Å². The lowest BCUT2D eigenvalue weighted by Gasteiger charge is -2.15. The summed E-state index contributed by atoms with van der Waals surface area (Å²) in [6, 6.07) is 9.87. The molecule has 0 aliphatic heterocycles. The first kappa shape index (κ1) is 21.9. The van der Waals surface area contributed by atoms with Crippen LogP contribution in [-0.2, 0) is 4.79 Å². The van der Waals surface area contributed by atoms with Crippen LogP contribution in [-0.4, -0.2) is 19.1 Å². The summed E-state index contributed by atoms with van der Waals surface area (Å²) < 4.78 is 11.0. The first-order chi connectivity index (χ1) is 13.3. The molecule has 1 amide bonds. The van der Waals surface area contributed by atoms with E-state index in [1.807, 2.05) is 19.9 Å². The Balaban J connectivity index is 2.37. The molecule has 28 heavy (non-hydrogen) atoms. The van der Waals surface area contributed by atoms with E-state index in [9.17, 15) is 10.1 Å². The molecule has 5 nitrogen and oxygen atoms in total. The van der Waals surface area contributed by atoms with Gasteiger partial charge in [-0.2, -0.15) is 5.26 Å². The molecule has 0 unspecified atom stereocenters. The summed E-state index contributed by atoms with van der Waals surface area (Å²) >= 11 is 18.4. The number of para-hydroxylation sites is 1. The van der Waals surface area contributed by atoms with E-state index in [-0.39, 0.29) is 27.4 Å². The Hall–Kier alpha value is -2.39. The smallest absolute Gasteiger partial charge is 0.266 e. The van der Waals surface area contributed by atoms with Crippen LogP contribution in [0.4, 0.5) is 5.69 Å². The van der Waals surface area contributed by atoms with Gasteiger partial charge in [0.15, 0.2) is 11.5 Å². The summed E-state index contributed by atoms with van der Waals surface area (Å²) in [7, 11) is 1.48. The molecule has 0 aliphatic rings. The Morgan fingerprint density at radius 3 is 2.36 bits per heavy atom. The summed E-state index contributed by atoms with van der Waals surface area (Å²) in [6.45, 7) is 3.73. The molecule has 2 rings (SSSR count). The molecule has 0 bridgehead atoms. The number of nitrogens with zero attached hydrogens (tertiary/aromatic N) is 1. The van der Waals surface area contributed by atoms with Crippen molar-refractivity contribution in [1.82, 2.24) is 0 Å². The van der Waals surface area contributed by atoms with Crippen molar-refractivity contribution < 1.29 is 14.3 Å². The normalized spacial score (nSPS) is 11.1. The van der Waals surface area contributed by atoms with E-state index >= 15 is 0 Å². The highest BCUT2D eigenvalue weighted by Crippen LogP contribution is 2.38. The van der Waals surface area contributed by atoms with Gasteiger partial charge in [-0.15, -0.1) is 0 Å². The molecule has 0 atom stereocenters. The topological polar surface area (TPSA) is 71.3 Å². The van der Waals surface area contributed by atoms with Gasteiger partial charge >= 0.3 is 0 Å². The van der Waals surface area contributed by atoms with Crippen LogP contribution < -0.4 is 14.8 Å². The van der Waals surface area contributed by atoms with Crippen molar-refractivity contribution in [3.05, 3.63) is 56.5 Å². The first-order valence-corrected chi connectivity index (χ1v) is 9.31. The molecule has 0 aliphatic carbocycles. The van der Waals surface area contributed by atoms with Crippen LogP contribution in [0.2, 0.25) is 15.1 Å². The van der Waals surface area contributed by atoms with Gasteiger partial charge in [0.2, 0.25) is 0 Å². The van der Waals surface area contributed by atoms with Crippen molar-refractivity contribution in [2.45, 2.75) is 20.0 Å². The highest BCUT2D eigenvalue weighted by molar-refractivity contribution is 6.40. The Morgan fingerprint density at radius 2 is 1.82 bits per heavy atom. The lowest BCUT2D eigenvalue weighted by Crippen LogP contribution is -2.14. The molecule has 2 aromatic rings. The zero-order chi connectivity index (χ0) is 20.8. The molecule has 2 aromatic carbocycles. The van der Waals surface area contributed by atoms with Crippen molar-refractivity contribution in [3.8, 4) is 17.6 Å². The molecular weight excluding hydrogens is 423 g/mol. The quantitative estimate of drug-likeness (QED) is 0.443. The summed E-state index contributed by atoms with van der Waals surface area (Å²) in [4.78, 5) is 12.5. The maximum absolute atomic E-state index is 12.5. The summed E-state index contributed by atoms with van der Waals surface area (Å²) in [5.74, 6) is 0.122. The van der Waals surface area contributed by atoms with Crippen LogP contribution in [0.3, 0.4) is 0 Å². The lowest BCUT2D eigenvalue weighted by atomic mass is 10.1. The molecule has 8 heteroatoms. The van der Waals surface area contributed by atoms with Crippen molar-refractivity contribution in [2.24, 2.45) is 0 Å². The van der Waals surface area contributed by atoms with Crippen LogP contribution in [0.5, 0.6) is 11.5 Å². The van der Waals surface area contributed by atoms with Gasteiger partial charge in [0.25, 0.3) is 5.91 Å². The van der Waals surface area contributed by atoms with Gasteiger partial charge in [-0.3, -0.25) is 4.79 Å². The number of nitrogens with one attached hydrogen (secondary N) is 1. The van der Waals surface area contributed by atoms with Gasteiger partial charge in [-0.05, 0) is 49.8 Å². The maximum atomic E-state index is 12.5. The number of carbonyl (C=O) groups is 1. The number of ether oxygens (including phenoxy) is 2. The standard InChI is InChI=1S/C20H17Cl3N2O3/c1-11(2)28-19-16(23)8-12(9-17(19)27-3)7-13(10-24)20(26)25-18-14(21)5-4-6-15(18)22/h4-9,11H,1-3H3,(H,25,26)/b13-7+. The number of anilines is 1. The molecule has 0 aromatic heterocycles. The number of benzene rings is 2. The Bertz CT molecular complexity index is 946. The fourth-order valence-electron chi connectivity index (χ4n) is 2.29. The number of nitriles is 1. The second-order valence-corrected chi connectivity index (χ2v) is 7.14. The number of carbonyl (C=O) groups excluding carboxylic acids is 1. The van der Waals surface area contributed by atoms with Gasteiger partial charge < -0.3 is 14.8 Å². The molecule has 0 fully saturated rings. The van der Waals surface area contributed by atoms with Crippen molar-refractivity contribution in [3.63, 3.8) is 0 Å². The van der Waals surface area contributed by atoms with Gasteiger partial charge in [0, 0.05) is 0 Å². The number of amides is 1. The zero-order valence-corrected chi connectivity index (χ0v) is 17.6. The predicted octanol–water partition coefficient (Wildman–Crippen LogP) is 5.99. The van der Waals surface area contributed by atoms with E-state index in [2.05, 4.69) is 5.32 Å². The van der Waals surface area contributed by atoms with E-state index in [0.717, 1.165) is 0 Å². The minimum absolute atomic E-state index is 0.103.